The summed E-state index contributed by atoms with van der Waals surface area (Å²) in [6, 6.07) is 2.17. The second-order valence-electron chi connectivity index (χ2n) is 15.4. The quantitative estimate of drug-likeness (QED) is 0.413. The molecule has 6 heteroatoms. The zero-order valence-electron chi connectivity index (χ0n) is 25.1. The first kappa shape index (κ1) is 28.1. The molecule has 0 spiro atoms. The Balaban J connectivity index is 1.71. The number of fused-ring (bicyclic) bond motifs is 7. The zero-order valence-corrected chi connectivity index (χ0v) is 25.1. The number of nitriles is 1. The Hall–Kier alpha value is -2.42. The van der Waals surface area contributed by atoms with Gasteiger partial charge in [0.15, 0.2) is 11.6 Å². The van der Waals surface area contributed by atoms with Gasteiger partial charge in [0.25, 0.3) is 0 Å². The van der Waals surface area contributed by atoms with Crippen LogP contribution in [0.2, 0.25) is 0 Å². The van der Waals surface area contributed by atoms with Crippen molar-refractivity contribution in [1.82, 2.24) is 4.90 Å². The number of hydrogen-bond donors (Lipinski definition) is 1. The van der Waals surface area contributed by atoms with E-state index in [0.29, 0.717) is 6.54 Å². The molecule has 0 radical (unpaired) electrons. The predicted molar refractivity (Wildman–Crippen MR) is 150 cm³/mol. The van der Waals surface area contributed by atoms with Crippen molar-refractivity contribution in [2.45, 2.75) is 106 Å². The fourth-order valence-corrected chi connectivity index (χ4v) is 10.7. The average molecular weight is 535 g/mol. The van der Waals surface area contributed by atoms with Crippen molar-refractivity contribution in [3.05, 3.63) is 23.3 Å². The lowest BCUT2D eigenvalue weighted by atomic mass is 9.35. The summed E-state index contributed by atoms with van der Waals surface area (Å²) >= 11 is 0. The number of hydrogen-bond acceptors (Lipinski definition) is 4. The maximum atomic E-state index is 14.5. The van der Waals surface area contributed by atoms with Crippen molar-refractivity contribution in [2.24, 2.45) is 44.8 Å². The van der Waals surface area contributed by atoms with E-state index in [1.165, 1.54) is 0 Å². The van der Waals surface area contributed by atoms with Gasteiger partial charge in [-0.2, -0.15) is 5.26 Å². The molecule has 5 aliphatic carbocycles. The van der Waals surface area contributed by atoms with Crippen LogP contribution in [0, 0.1) is 56.2 Å². The number of carbonyl (C=O) groups is 3. The van der Waals surface area contributed by atoms with E-state index in [2.05, 4.69) is 40.7 Å². The van der Waals surface area contributed by atoms with Crippen molar-refractivity contribution in [1.29, 1.82) is 5.26 Å². The summed E-state index contributed by atoms with van der Waals surface area (Å²) in [7, 11) is 0. The summed E-state index contributed by atoms with van der Waals surface area (Å²) in [4.78, 5) is 42.0. The molecule has 0 unspecified atom stereocenters. The molecule has 0 bridgehead atoms. The van der Waals surface area contributed by atoms with Crippen LogP contribution >= 0.6 is 0 Å². The second-order valence-corrected chi connectivity index (χ2v) is 15.4. The first-order valence-electron chi connectivity index (χ1n) is 14.9. The normalized spacial score (nSPS) is 43.9. The van der Waals surface area contributed by atoms with Crippen LogP contribution in [-0.4, -0.2) is 39.7 Å². The van der Waals surface area contributed by atoms with Crippen molar-refractivity contribution >= 4 is 17.7 Å². The number of Topliss-reactive ketones (excluding diaryl/α,β-unsaturated/α-hetero) is 1. The zero-order chi connectivity index (χ0) is 29.0. The molecule has 1 amide bonds. The van der Waals surface area contributed by atoms with E-state index in [4.69, 9.17) is 0 Å². The van der Waals surface area contributed by atoms with Gasteiger partial charge in [0.1, 0.15) is 6.07 Å². The summed E-state index contributed by atoms with van der Waals surface area (Å²) in [5.74, 6) is -0.269. The van der Waals surface area contributed by atoms with Gasteiger partial charge in [0, 0.05) is 28.8 Å². The number of rotatable bonds is 2. The van der Waals surface area contributed by atoms with Crippen LogP contribution in [0.4, 0.5) is 4.79 Å². The van der Waals surface area contributed by atoms with E-state index >= 15 is 0 Å². The van der Waals surface area contributed by atoms with Crippen LogP contribution in [0.3, 0.4) is 0 Å². The summed E-state index contributed by atoms with van der Waals surface area (Å²) in [5, 5.41) is 20.2. The van der Waals surface area contributed by atoms with Crippen LogP contribution in [0.1, 0.15) is 100 Å². The Morgan fingerprint density at radius 2 is 1.69 bits per heavy atom. The van der Waals surface area contributed by atoms with Crippen LogP contribution in [0.5, 0.6) is 0 Å². The van der Waals surface area contributed by atoms with E-state index in [9.17, 15) is 24.8 Å². The lowest BCUT2D eigenvalue weighted by Gasteiger charge is -2.70. The smallest absolute Gasteiger partial charge is 0.407 e. The molecule has 0 aromatic rings. The van der Waals surface area contributed by atoms with Crippen LogP contribution in [0.25, 0.3) is 0 Å². The number of ketones is 2. The third-order valence-electron chi connectivity index (χ3n) is 12.9. The number of nitrogens with zero attached hydrogens (tertiary/aromatic N) is 2. The highest BCUT2D eigenvalue weighted by Gasteiger charge is 2.70. The highest BCUT2D eigenvalue weighted by atomic mass is 16.4. The molecule has 0 heterocycles. The summed E-state index contributed by atoms with van der Waals surface area (Å²) in [5.41, 5.74) is -1.07. The molecule has 5 aliphatic rings. The first-order valence-corrected chi connectivity index (χ1v) is 14.9. The SMILES string of the molecule is CCN(C(=O)O)[C@]12CCC(C)(C)C[C@H]1[C@H]1C(=O)C=C3[C@@]4(C)C=C(C#N)C(=O)C(C)(C)[C@@H]4CC[C@@]3(C)[C@]1(C)CC2. The molecule has 39 heavy (non-hydrogen) atoms. The van der Waals surface area contributed by atoms with Gasteiger partial charge in [-0.15, -0.1) is 0 Å². The second kappa shape index (κ2) is 8.30. The molecule has 3 saturated carbocycles. The largest absolute Gasteiger partial charge is 0.465 e. The van der Waals surface area contributed by atoms with Gasteiger partial charge < -0.3 is 10.0 Å². The maximum absolute atomic E-state index is 14.5. The van der Waals surface area contributed by atoms with Crippen molar-refractivity contribution in [3.63, 3.8) is 0 Å². The third-order valence-corrected chi connectivity index (χ3v) is 12.9. The van der Waals surface area contributed by atoms with E-state index < -0.39 is 22.5 Å². The topological polar surface area (TPSA) is 98.5 Å². The molecular formula is C33H46N2O4. The van der Waals surface area contributed by atoms with Crippen molar-refractivity contribution in [3.8, 4) is 6.07 Å². The fourth-order valence-electron chi connectivity index (χ4n) is 10.7. The van der Waals surface area contributed by atoms with Crippen LogP contribution in [-0.2, 0) is 9.59 Å². The Morgan fingerprint density at radius 1 is 1.05 bits per heavy atom. The average Bonchev–Trinajstić information content (AvgIpc) is 2.83. The molecule has 0 aromatic heterocycles. The van der Waals surface area contributed by atoms with Gasteiger partial charge in [-0.3, -0.25) is 9.59 Å². The minimum atomic E-state index is -0.882. The lowest BCUT2D eigenvalue weighted by Crippen LogP contribution is -2.70. The monoisotopic (exact) mass is 534 g/mol. The van der Waals surface area contributed by atoms with Crippen molar-refractivity contribution < 1.29 is 19.5 Å². The molecule has 5 rings (SSSR count). The van der Waals surface area contributed by atoms with Crippen molar-refractivity contribution in [2.75, 3.05) is 6.54 Å². The van der Waals surface area contributed by atoms with Gasteiger partial charge in [0.2, 0.25) is 0 Å². The van der Waals surface area contributed by atoms with E-state index in [1.54, 1.807) is 4.90 Å². The Morgan fingerprint density at radius 3 is 2.28 bits per heavy atom. The highest BCUT2D eigenvalue weighted by Crippen LogP contribution is 2.73. The number of allylic oxidation sites excluding steroid dienone is 4. The van der Waals surface area contributed by atoms with Gasteiger partial charge in [0.05, 0.1) is 5.57 Å². The van der Waals surface area contributed by atoms with Crippen LogP contribution < -0.4 is 0 Å². The summed E-state index contributed by atoms with van der Waals surface area (Å²) in [6.07, 6.45) is 8.76. The first-order chi connectivity index (χ1) is 17.9. The number of carboxylic acid groups (broad SMARTS) is 1. The van der Waals surface area contributed by atoms with Crippen LogP contribution in [0.15, 0.2) is 23.3 Å². The van der Waals surface area contributed by atoms with Gasteiger partial charge in [-0.05, 0) is 86.0 Å². The Bertz CT molecular complexity index is 1250. The molecule has 7 atom stereocenters. The van der Waals surface area contributed by atoms with E-state index in [1.807, 2.05) is 32.9 Å². The summed E-state index contributed by atoms with van der Waals surface area (Å²) < 4.78 is 0. The molecule has 212 valence electrons. The van der Waals surface area contributed by atoms with Gasteiger partial charge >= 0.3 is 6.09 Å². The number of carbonyl (C=O) groups excluding carboxylic acids is 2. The van der Waals surface area contributed by atoms with E-state index in [-0.39, 0.29) is 51.1 Å². The fraction of sp³-hybridized carbons (Fsp3) is 0.758. The molecule has 1 N–H and O–H groups in total. The molecule has 0 aromatic carbocycles. The standard InChI is InChI=1S/C33H46N2O4/c1-9-35(27(38)39)33-14-12-28(2,3)18-21(33)25-22(36)16-24-30(6)17-20(19-34)26(37)29(4,5)23(30)10-11-31(24,7)32(25,8)13-15-33/h16-17,21,23,25H,9-15,18H2,1-8H3,(H,38,39)/t21-,23-,25-,30-,31+,32+,33-/m0/s1. The predicted octanol–water partition coefficient (Wildman–Crippen LogP) is 6.96. The molecule has 3 fully saturated rings. The summed E-state index contributed by atoms with van der Waals surface area (Å²) in [6.45, 7) is 17.5. The Kier molecular flexibility index (Phi) is 5.99. The third kappa shape index (κ3) is 3.40. The minimum absolute atomic E-state index is 0.0146. The van der Waals surface area contributed by atoms with Gasteiger partial charge in [-0.1, -0.05) is 60.1 Å². The maximum Gasteiger partial charge on any atom is 0.407 e. The van der Waals surface area contributed by atoms with E-state index in [0.717, 1.165) is 50.5 Å². The molecular weight excluding hydrogens is 488 g/mol. The lowest BCUT2D eigenvalue weighted by molar-refractivity contribution is -0.173. The molecule has 0 aliphatic heterocycles. The number of amides is 1. The van der Waals surface area contributed by atoms with Gasteiger partial charge in [-0.25, -0.2) is 4.79 Å². The molecule has 0 saturated heterocycles. The highest BCUT2D eigenvalue weighted by molar-refractivity contribution is 6.04. The Labute approximate surface area is 233 Å². The molecule has 6 nitrogen and oxygen atoms in total. The minimum Gasteiger partial charge on any atom is -0.465 e.